The van der Waals surface area contributed by atoms with Crippen LogP contribution in [0.2, 0.25) is 0 Å². The van der Waals surface area contributed by atoms with E-state index in [-0.39, 0.29) is 6.61 Å². The van der Waals surface area contributed by atoms with E-state index in [2.05, 4.69) is 9.97 Å². The summed E-state index contributed by atoms with van der Waals surface area (Å²) in [6, 6.07) is 0. The monoisotopic (exact) mass is 240 g/mol. The molecule has 0 aromatic carbocycles. The lowest BCUT2D eigenvalue weighted by Crippen LogP contribution is -2.32. The maximum atomic E-state index is 9.37. The molecule has 0 aliphatic rings. The molecule has 0 unspecified atom stereocenters. The van der Waals surface area contributed by atoms with Crippen LogP contribution in [0.25, 0.3) is 0 Å². The van der Waals surface area contributed by atoms with Gasteiger partial charge in [-0.2, -0.15) is 4.98 Å². The lowest BCUT2D eigenvalue weighted by molar-refractivity contribution is 0.101. The summed E-state index contributed by atoms with van der Waals surface area (Å²) in [6.45, 7) is 1.98. The fourth-order valence-electron chi connectivity index (χ4n) is 1.52. The topological polar surface area (TPSA) is 72.7 Å². The van der Waals surface area contributed by atoms with Crippen LogP contribution in [0.1, 0.15) is 5.56 Å². The minimum absolute atomic E-state index is 0.267. The van der Waals surface area contributed by atoms with E-state index in [1.54, 1.807) is 18.1 Å². The maximum Gasteiger partial charge on any atom is 0.227 e. The van der Waals surface area contributed by atoms with E-state index >= 15 is 0 Å². The van der Waals surface area contributed by atoms with Crippen molar-refractivity contribution >= 4 is 11.8 Å². The number of aliphatic hydroxyl groups is 2. The average molecular weight is 240 g/mol. The SMILES string of the molecule is Cc1cnc(N(C)C[C@H](O)CO)nc1N(C)C. The molecule has 6 heteroatoms. The number of rotatable bonds is 5. The summed E-state index contributed by atoms with van der Waals surface area (Å²) in [4.78, 5) is 12.2. The molecule has 0 bridgehead atoms. The third-order valence-electron chi connectivity index (χ3n) is 2.39. The van der Waals surface area contributed by atoms with Crippen LogP contribution in [0, 0.1) is 6.92 Å². The molecule has 17 heavy (non-hydrogen) atoms. The zero-order valence-electron chi connectivity index (χ0n) is 10.8. The Morgan fingerprint density at radius 2 is 2.00 bits per heavy atom. The van der Waals surface area contributed by atoms with Gasteiger partial charge < -0.3 is 20.0 Å². The second-order valence-corrected chi connectivity index (χ2v) is 4.29. The van der Waals surface area contributed by atoms with E-state index in [0.717, 1.165) is 11.4 Å². The first-order valence-corrected chi connectivity index (χ1v) is 5.46. The fourth-order valence-corrected chi connectivity index (χ4v) is 1.52. The summed E-state index contributed by atoms with van der Waals surface area (Å²) in [5.74, 6) is 1.38. The van der Waals surface area contributed by atoms with E-state index in [0.29, 0.717) is 12.5 Å². The smallest absolute Gasteiger partial charge is 0.227 e. The Bertz CT molecular complexity index is 370. The van der Waals surface area contributed by atoms with Gasteiger partial charge in [0.25, 0.3) is 0 Å². The van der Waals surface area contributed by atoms with Gasteiger partial charge in [-0.1, -0.05) is 0 Å². The standard InChI is InChI=1S/C11H20N4O2/c1-8-5-12-11(13-10(8)14(2)3)15(4)6-9(17)7-16/h5,9,16-17H,6-7H2,1-4H3/t9-/m0/s1. The van der Waals surface area contributed by atoms with Crippen molar-refractivity contribution in [1.82, 2.24) is 9.97 Å². The Labute approximate surface area is 102 Å². The van der Waals surface area contributed by atoms with E-state index in [1.165, 1.54) is 0 Å². The molecule has 1 aromatic heterocycles. The summed E-state index contributed by atoms with van der Waals surface area (Å²) in [6.07, 6.45) is 0.965. The molecule has 1 aromatic rings. The number of hydrogen-bond donors (Lipinski definition) is 2. The van der Waals surface area contributed by atoms with Crippen molar-refractivity contribution in [2.24, 2.45) is 0 Å². The van der Waals surface area contributed by atoms with Gasteiger partial charge in [-0.25, -0.2) is 4.98 Å². The van der Waals surface area contributed by atoms with E-state index in [4.69, 9.17) is 5.11 Å². The molecule has 0 amide bonds. The minimum Gasteiger partial charge on any atom is -0.394 e. The Morgan fingerprint density at radius 3 is 2.53 bits per heavy atom. The van der Waals surface area contributed by atoms with Crippen molar-refractivity contribution in [3.8, 4) is 0 Å². The lowest BCUT2D eigenvalue weighted by atomic mass is 10.3. The van der Waals surface area contributed by atoms with Gasteiger partial charge in [0.1, 0.15) is 5.82 Å². The number of nitrogens with zero attached hydrogens (tertiary/aromatic N) is 4. The number of hydrogen-bond acceptors (Lipinski definition) is 6. The third-order valence-corrected chi connectivity index (χ3v) is 2.39. The van der Waals surface area contributed by atoms with Gasteiger partial charge in [-0.3, -0.25) is 0 Å². The van der Waals surface area contributed by atoms with Gasteiger partial charge in [0.2, 0.25) is 5.95 Å². The molecule has 0 aliphatic carbocycles. The van der Waals surface area contributed by atoms with Crippen molar-refractivity contribution in [2.45, 2.75) is 13.0 Å². The molecule has 0 saturated heterocycles. The zero-order chi connectivity index (χ0) is 13.0. The molecule has 96 valence electrons. The number of anilines is 2. The van der Waals surface area contributed by atoms with Gasteiger partial charge >= 0.3 is 0 Å². The van der Waals surface area contributed by atoms with Crippen LogP contribution in [0.15, 0.2) is 6.20 Å². The molecule has 1 heterocycles. The van der Waals surface area contributed by atoms with Crippen molar-refractivity contribution in [3.05, 3.63) is 11.8 Å². The van der Waals surface area contributed by atoms with E-state index < -0.39 is 6.10 Å². The highest BCUT2D eigenvalue weighted by atomic mass is 16.3. The predicted octanol–water partition coefficient (Wildman–Crippen LogP) is -0.360. The first kappa shape index (κ1) is 13.7. The van der Waals surface area contributed by atoms with Gasteiger partial charge in [0.05, 0.1) is 12.7 Å². The average Bonchev–Trinajstić information content (AvgIpc) is 2.28. The van der Waals surface area contributed by atoms with E-state index in [9.17, 15) is 5.11 Å². The van der Waals surface area contributed by atoms with Crippen LogP contribution in [0.4, 0.5) is 11.8 Å². The normalized spacial score (nSPS) is 12.4. The first-order valence-electron chi connectivity index (χ1n) is 5.46. The van der Waals surface area contributed by atoms with Crippen LogP contribution in [-0.4, -0.2) is 60.6 Å². The van der Waals surface area contributed by atoms with Crippen molar-refractivity contribution in [3.63, 3.8) is 0 Å². The molecule has 0 radical (unpaired) electrons. The second kappa shape index (κ2) is 5.79. The molecule has 0 saturated carbocycles. The summed E-state index contributed by atoms with van der Waals surface area (Å²) in [7, 11) is 5.62. The molecule has 1 rings (SSSR count). The Kier molecular flexibility index (Phi) is 4.65. The highest BCUT2D eigenvalue weighted by Crippen LogP contribution is 2.16. The Hall–Kier alpha value is -1.40. The number of likely N-dealkylation sites (N-methyl/N-ethyl adjacent to an activating group) is 1. The molecular formula is C11H20N4O2. The van der Waals surface area contributed by atoms with E-state index in [1.807, 2.05) is 25.9 Å². The quantitative estimate of drug-likeness (QED) is 0.732. The van der Waals surface area contributed by atoms with Crippen LogP contribution < -0.4 is 9.80 Å². The molecule has 2 N–H and O–H groups in total. The van der Waals surface area contributed by atoms with Crippen LogP contribution in [-0.2, 0) is 0 Å². The summed E-state index contributed by atoms with van der Waals surface area (Å²) < 4.78 is 0. The fraction of sp³-hybridized carbons (Fsp3) is 0.636. The first-order chi connectivity index (χ1) is 7.95. The molecule has 0 spiro atoms. The Morgan fingerprint density at radius 1 is 1.35 bits per heavy atom. The molecule has 6 nitrogen and oxygen atoms in total. The van der Waals surface area contributed by atoms with Gasteiger partial charge in [0, 0.05) is 39.4 Å². The largest absolute Gasteiger partial charge is 0.394 e. The predicted molar refractivity (Wildman–Crippen MR) is 67.5 cm³/mol. The summed E-state index contributed by atoms with van der Waals surface area (Å²) in [5, 5.41) is 18.2. The number of aromatic nitrogens is 2. The van der Waals surface area contributed by atoms with Gasteiger partial charge in [0.15, 0.2) is 0 Å². The zero-order valence-corrected chi connectivity index (χ0v) is 10.8. The second-order valence-electron chi connectivity index (χ2n) is 4.29. The summed E-state index contributed by atoms with van der Waals surface area (Å²) >= 11 is 0. The molecule has 0 aliphatic heterocycles. The van der Waals surface area contributed by atoms with Crippen LogP contribution >= 0.6 is 0 Å². The van der Waals surface area contributed by atoms with Gasteiger partial charge in [-0.05, 0) is 6.92 Å². The van der Waals surface area contributed by atoms with Crippen LogP contribution in [0.5, 0.6) is 0 Å². The summed E-state index contributed by atoms with van der Waals surface area (Å²) in [5.41, 5.74) is 0.995. The number of aliphatic hydroxyl groups excluding tert-OH is 2. The molecular weight excluding hydrogens is 220 g/mol. The van der Waals surface area contributed by atoms with Gasteiger partial charge in [-0.15, -0.1) is 0 Å². The van der Waals surface area contributed by atoms with Crippen molar-refractivity contribution < 1.29 is 10.2 Å². The maximum absolute atomic E-state index is 9.37. The van der Waals surface area contributed by atoms with Crippen LogP contribution in [0.3, 0.4) is 0 Å². The lowest BCUT2D eigenvalue weighted by Gasteiger charge is -2.22. The third kappa shape index (κ3) is 3.54. The minimum atomic E-state index is -0.785. The highest BCUT2D eigenvalue weighted by molar-refractivity contribution is 5.48. The highest BCUT2D eigenvalue weighted by Gasteiger charge is 2.12. The molecule has 0 fully saturated rings. The van der Waals surface area contributed by atoms with Crippen molar-refractivity contribution in [1.29, 1.82) is 0 Å². The molecule has 1 atom stereocenters. The number of aryl methyl sites for hydroxylation is 1. The Balaban J connectivity index is 2.87. The van der Waals surface area contributed by atoms with Crippen molar-refractivity contribution in [2.75, 3.05) is 44.1 Å².